The molecule has 0 saturated carbocycles. The van der Waals surface area contributed by atoms with Crippen LogP contribution in [-0.2, 0) is 4.74 Å². The van der Waals surface area contributed by atoms with E-state index in [0.29, 0.717) is 30.0 Å². The summed E-state index contributed by atoms with van der Waals surface area (Å²) in [6.07, 6.45) is 2.26. The minimum atomic E-state index is -0.188. The molecule has 2 fully saturated rings. The molecule has 19 heavy (non-hydrogen) atoms. The van der Waals surface area contributed by atoms with Gasteiger partial charge in [-0.05, 0) is 32.8 Å². The van der Waals surface area contributed by atoms with E-state index >= 15 is 0 Å². The summed E-state index contributed by atoms with van der Waals surface area (Å²) in [5.74, 6) is 0.468. The SMILES string of the molecule is CCOc1cc(N2C3CCC2COC3)cc(F)c1C. The average molecular weight is 265 g/mol. The maximum atomic E-state index is 14.1. The zero-order valence-corrected chi connectivity index (χ0v) is 11.5. The number of ether oxygens (including phenoxy) is 2. The molecular weight excluding hydrogens is 245 g/mol. The van der Waals surface area contributed by atoms with Crippen molar-refractivity contribution >= 4 is 5.69 Å². The highest BCUT2D eigenvalue weighted by Gasteiger charge is 2.37. The van der Waals surface area contributed by atoms with Gasteiger partial charge in [0.2, 0.25) is 0 Å². The molecule has 2 aliphatic rings. The van der Waals surface area contributed by atoms with Gasteiger partial charge in [-0.1, -0.05) is 0 Å². The number of benzene rings is 1. The molecule has 1 aromatic rings. The number of nitrogens with zero attached hydrogens (tertiary/aromatic N) is 1. The average Bonchev–Trinajstić information content (AvgIpc) is 2.65. The lowest BCUT2D eigenvalue weighted by Crippen LogP contribution is -2.46. The van der Waals surface area contributed by atoms with E-state index in [2.05, 4.69) is 4.90 Å². The lowest BCUT2D eigenvalue weighted by molar-refractivity contribution is 0.0906. The monoisotopic (exact) mass is 265 g/mol. The maximum absolute atomic E-state index is 14.1. The second-order valence-electron chi connectivity index (χ2n) is 5.31. The Hall–Kier alpha value is -1.29. The standard InChI is InChI=1S/C15H20FNO2/c1-3-19-15-7-13(6-14(16)10(15)2)17-11-4-5-12(17)9-18-8-11/h6-7,11-12H,3-5,8-9H2,1-2H3. The molecule has 0 aliphatic carbocycles. The van der Waals surface area contributed by atoms with Crippen LogP contribution in [0.4, 0.5) is 10.1 Å². The van der Waals surface area contributed by atoms with Crippen molar-refractivity contribution in [3.63, 3.8) is 0 Å². The summed E-state index contributed by atoms with van der Waals surface area (Å²) in [7, 11) is 0. The smallest absolute Gasteiger partial charge is 0.131 e. The summed E-state index contributed by atoms with van der Waals surface area (Å²) in [5.41, 5.74) is 1.52. The van der Waals surface area contributed by atoms with Crippen LogP contribution in [0.5, 0.6) is 5.75 Å². The van der Waals surface area contributed by atoms with Gasteiger partial charge in [0.25, 0.3) is 0 Å². The zero-order valence-electron chi connectivity index (χ0n) is 11.5. The second-order valence-corrected chi connectivity index (χ2v) is 5.31. The van der Waals surface area contributed by atoms with Crippen molar-refractivity contribution in [2.24, 2.45) is 0 Å². The Morgan fingerprint density at radius 3 is 2.63 bits per heavy atom. The van der Waals surface area contributed by atoms with Crippen molar-refractivity contribution in [2.75, 3.05) is 24.7 Å². The number of rotatable bonds is 3. The van der Waals surface area contributed by atoms with Gasteiger partial charge in [-0.3, -0.25) is 0 Å². The molecule has 2 bridgehead atoms. The Morgan fingerprint density at radius 1 is 1.32 bits per heavy atom. The molecule has 4 heteroatoms. The molecule has 3 nitrogen and oxygen atoms in total. The third kappa shape index (κ3) is 2.18. The van der Waals surface area contributed by atoms with Crippen LogP contribution < -0.4 is 9.64 Å². The maximum Gasteiger partial charge on any atom is 0.131 e. The molecule has 2 aliphatic heterocycles. The number of fused-ring (bicyclic) bond motifs is 2. The first-order valence-corrected chi connectivity index (χ1v) is 6.99. The molecular formula is C15H20FNO2. The minimum absolute atomic E-state index is 0.188. The van der Waals surface area contributed by atoms with Gasteiger partial charge in [0.05, 0.1) is 31.9 Å². The quantitative estimate of drug-likeness (QED) is 0.838. The summed E-state index contributed by atoms with van der Waals surface area (Å²) >= 11 is 0. The predicted octanol–water partition coefficient (Wildman–Crippen LogP) is 2.90. The van der Waals surface area contributed by atoms with Crippen LogP contribution in [0.2, 0.25) is 0 Å². The first-order valence-electron chi connectivity index (χ1n) is 6.99. The van der Waals surface area contributed by atoms with E-state index in [0.717, 1.165) is 31.7 Å². The Kier molecular flexibility index (Phi) is 3.35. The highest BCUT2D eigenvalue weighted by atomic mass is 19.1. The second kappa shape index (κ2) is 5.00. The lowest BCUT2D eigenvalue weighted by atomic mass is 10.1. The van der Waals surface area contributed by atoms with Crippen molar-refractivity contribution < 1.29 is 13.9 Å². The highest BCUT2D eigenvalue weighted by Crippen LogP contribution is 2.37. The molecule has 2 heterocycles. The molecule has 0 aromatic heterocycles. The van der Waals surface area contributed by atoms with Gasteiger partial charge in [0.1, 0.15) is 11.6 Å². The van der Waals surface area contributed by atoms with Crippen LogP contribution in [0.3, 0.4) is 0 Å². The van der Waals surface area contributed by atoms with Gasteiger partial charge in [-0.15, -0.1) is 0 Å². The van der Waals surface area contributed by atoms with E-state index in [-0.39, 0.29) is 5.82 Å². The van der Waals surface area contributed by atoms with Crippen molar-refractivity contribution in [1.29, 1.82) is 0 Å². The van der Waals surface area contributed by atoms with E-state index < -0.39 is 0 Å². The van der Waals surface area contributed by atoms with Crippen molar-refractivity contribution in [2.45, 2.75) is 38.8 Å². The molecule has 2 atom stereocenters. The largest absolute Gasteiger partial charge is 0.493 e. The number of morpholine rings is 1. The summed E-state index contributed by atoms with van der Waals surface area (Å²) in [5, 5.41) is 0. The molecule has 0 spiro atoms. The van der Waals surface area contributed by atoms with Gasteiger partial charge >= 0.3 is 0 Å². The van der Waals surface area contributed by atoms with Crippen LogP contribution in [0, 0.1) is 12.7 Å². The molecule has 0 amide bonds. The fourth-order valence-electron chi connectivity index (χ4n) is 3.14. The summed E-state index contributed by atoms with van der Waals surface area (Å²) < 4.78 is 25.2. The third-order valence-electron chi connectivity index (χ3n) is 4.12. The number of halogens is 1. The Morgan fingerprint density at radius 2 is 2.00 bits per heavy atom. The number of anilines is 1. The van der Waals surface area contributed by atoms with Gasteiger partial charge in [0, 0.05) is 17.3 Å². The van der Waals surface area contributed by atoms with E-state index in [1.807, 2.05) is 13.0 Å². The Labute approximate surface area is 113 Å². The minimum Gasteiger partial charge on any atom is -0.493 e. The van der Waals surface area contributed by atoms with Gasteiger partial charge in [-0.2, -0.15) is 0 Å². The molecule has 3 rings (SSSR count). The molecule has 2 saturated heterocycles. The molecule has 1 aromatic carbocycles. The molecule has 2 unspecified atom stereocenters. The first kappa shape index (κ1) is 12.7. The van der Waals surface area contributed by atoms with Crippen molar-refractivity contribution in [1.82, 2.24) is 0 Å². The van der Waals surface area contributed by atoms with Gasteiger partial charge in [-0.25, -0.2) is 4.39 Å². The zero-order chi connectivity index (χ0) is 13.4. The fraction of sp³-hybridized carbons (Fsp3) is 0.600. The Balaban J connectivity index is 1.96. The Bertz CT molecular complexity index is 461. The predicted molar refractivity (Wildman–Crippen MR) is 72.4 cm³/mol. The van der Waals surface area contributed by atoms with Crippen LogP contribution in [-0.4, -0.2) is 31.9 Å². The van der Waals surface area contributed by atoms with Gasteiger partial charge < -0.3 is 14.4 Å². The van der Waals surface area contributed by atoms with E-state index in [1.54, 1.807) is 13.0 Å². The topological polar surface area (TPSA) is 21.7 Å². The summed E-state index contributed by atoms with van der Waals surface area (Å²) in [6, 6.07) is 4.37. The van der Waals surface area contributed by atoms with E-state index in [9.17, 15) is 4.39 Å². The number of hydrogen-bond acceptors (Lipinski definition) is 3. The number of hydrogen-bond donors (Lipinski definition) is 0. The van der Waals surface area contributed by atoms with Crippen LogP contribution in [0.25, 0.3) is 0 Å². The molecule has 104 valence electrons. The van der Waals surface area contributed by atoms with E-state index in [4.69, 9.17) is 9.47 Å². The highest BCUT2D eigenvalue weighted by molar-refractivity contribution is 5.56. The molecule has 0 radical (unpaired) electrons. The summed E-state index contributed by atoms with van der Waals surface area (Å²) in [6.45, 7) is 5.73. The first-order chi connectivity index (χ1) is 9.20. The fourth-order valence-corrected chi connectivity index (χ4v) is 3.14. The van der Waals surface area contributed by atoms with Crippen LogP contribution in [0.15, 0.2) is 12.1 Å². The lowest BCUT2D eigenvalue weighted by Gasteiger charge is -2.37. The summed E-state index contributed by atoms with van der Waals surface area (Å²) in [4.78, 5) is 2.31. The van der Waals surface area contributed by atoms with Crippen molar-refractivity contribution in [3.8, 4) is 5.75 Å². The molecule has 0 N–H and O–H groups in total. The van der Waals surface area contributed by atoms with Crippen LogP contribution in [0.1, 0.15) is 25.3 Å². The van der Waals surface area contributed by atoms with Crippen molar-refractivity contribution in [3.05, 3.63) is 23.5 Å². The van der Waals surface area contributed by atoms with E-state index in [1.165, 1.54) is 0 Å². The van der Waals surface area contributed by atoms with Crippen LogP contribution >= 0.6 is 0 Å². The van der Waals surface area contributed by atoms with Gasteiger partial charge in [0.15, 0.2) is 0 Å². The normalized spacial score (nSPS) is 25.7. The third-order valence-corrected chi connectivity index (χ3v) is 4.12.